The maximum Gasteiger partial charge on any atom is 0.200 e. The van der Waals surface area contributed by atoms with E-state index in [0.29, 0.717) is 5.56 Å². The minimum Gasteiger partial charge on any atom is -0.289 e. The molecule has 6 heteroatoms. The summed E-state index contributed by atoms with van der Waals surface area (Å²) in [6.07, 6.45) is 1.95. The summed E-state index contributed by atoms with van der Waals surface area (Å²) in [5.74, 6) is -12.2. The lowest BCUT2D eigenvalue weighted by Crippen LogP contribution is -2.11. The van der Waals surface area contributed by atoms with Gasteiger partial charge in [-0.05, 0) is 11.6 Å². The summed E-state index contributed by atoms with van der Waals surface area (Å²) in [5, 5.41) is 0. The van der Waals surface area contributed by atoms with Crippen LogP contribution in [0.25, 0.3) is 6.08 Å². The maximum absolute atomic E-state index is 13.4. The van der Waals surface area contributed by atoms with Gasteiger partial charge in [-0.1, -0.05) is 36.4 Å². The minimum absolute atomic E-state index is 0.537. The van der Waals surface area contributed by atoms with E-state index in [4.69, 9.17) is 0 Å². The molecule has 108 valence electrons. The quantitative estimate of drug-likeness (QED) is 0.272. The van der Waals surface area contributed by atoms with E-state index in [1.54, 1.807) is 30.3 Å². The van der Waals surface area contributed by atoms with Crippen molar-refractivity contribution in [3.05, 3.63) is 76.6 Å². The second-order valence-corrected chi connectivity index (χ2v) is 4.05. The zero-order valence-electron chi connectivity index (χ0n) is 10.3. The molecule has 0 radical (unpaired) electrons. The van der Waals surface area contributed by atoms with Crippen molar-refractivity contribution in [3.8, 4) is 0 Å². The number of carbonyl (C=O) groups excluding carboxylic acids is 1. The molecule has 0 N–H and O–H groups in total. The number of carbonyl (C=O) groups is 1. The van der Waals surface area contributed by atoms with Crippen molar-refractivity contribution in [3.63, 3.8) is 0 Å². The van der Waals surface area contributed by atoms with Gasteiger partial charge in [-0.2, -0.15) is 0 Å². The van der Waals surface area contributed by atoms with Gasteiger partial charge >= 0.3 is 0 Å². The molecule has 0 amide bonds. The van der Waals surface area contributed by atoms with E-state index in [1.165, 1.54) is 6.08 Å². The molecule has 0 aliphatic carbocycles. The van der Waals surface area contributed by atoms with Gasteiger partial charge < -0.3 is 0 Å². The third-order valence-corrected chi connectivity index (χ3v) is 2.68. The summed E-state index contributed by atoms with van der Waals surface area (Å²) in [5.41, 5.74) is -0.937. The Balaban J connectivity index is 2.43. The van der Waals surface area contributed by atoms with Gasteiger partial charge in [0.25, 0.3) is 0 Å². The summed E-state index contributed by atoms with van der Waals surface area (Å²) < 4.78 is 65.6. The molecule has 0 saturated heterocycles. The van der Waals surface area contributed by atoms with E-state index < -0.39 is 40.4 Å². The van der Waals surface area contributed by atoms with Crippen molar-refractivity contribution in [2.24, 2.45) is 0 Å². The molecule has 2 aromatic carbocycles. The van der Waals surface area contributed by atoms with Gasteiger partial charge in [-0.3, -0.25) is 4.79 Å². The van der Waals surface area contributed by atoms with Gasteiger partial charge in [0.2, 0.25) is 5.82 Å². The van der Waals surface area contributed by atoms with Crippen LogP contribution < -0.4 is 0 Å². The van der Waals surface area contributed by atoms with Crippen LogP contribution in [-0.4, -0.2) is 5.78 Å². The lowest BCUT2D eigenvalue weighted by Gasteiger charge is -2.05. The fraction of sp³-hybridized carbons (Fsp3) is 0. The Morgan fingerprint density at radius 3 is 1.76 bits per heavy atom. The first-order valence-corrected chi connectivity index (χ1v) is 5.72. The molecule has 2 aromatic rings. The summed E-state index contributed by atoms with van der Waals surface area (Å²) in [7, 11) is 0. The van der Waals surface area contributed by atoms with E-state index in [2.05, 4.69) is 0 Å². The highest BCUT2D eigenvalue weighted by Crippen LogP contribution is 2.23. The highest BCUT2D eigenvalue weighted by Gasteiger charge is 2.28. The number of benzene rings is 2. The zero-order chi connectivity index (χ0) is 15.6. The molecule has 1 nitrogen and oxygen atoms in total. The molecule has 0 bridgehead atoms. The topological polar surface area (TPSA) is 17.1 Å². The van der Waals surface area contributed by atoms with E-state index in [1.807, 2.05) is 0 Å². The van der Waals surface area contributed by atoms with Gasteiger partial charge in [-0.25, -0.2) is 22.0 Å². The van der Waals surface area contributed by atoms with Crippen LogP contribution in [0.2, 0.25) is 0 Å². The molecule has 0 aliphatic heterocycles. The number of allylic oxidation sites excluding steroid dienone is 1. The van der Waals surface area contributed by atoms with Crippen LogP contribution in [0.5, 0.6) is 0 Å². The highest BCUT2D eigenvalue weighted by atomic mass is 19.2. The van der Waals surface area contributed by atoms with Crippen LogP contribution in [0.15, 0.2) is 36.4 Å². The second kappa shape index (κ2) is 5.87. The van der Waals surface area contributed by atoms with Crippen LogP contribution in [-0.2, 0) is 0 Å². The summed E-state index contributed by atoms with van der Waals surface area (Å²) in [6.45, 7) is 0. The number of hydrogen-bond acceptors (Lipinski definition) is 1. The van der Waals surface area contributed by atoms with E-state index in [-0.39, 0.29) is 0 Å². The number of ketones is 1. The minimum atomic E-state index is -2.30. The third-order valence-electron chi connectivity index (χ3n) is 2.68. The maximum atomic E-state index is 13.4. The van der Waals surface area contributed by atoms with Crippen molar-refractivity contribution >= 4 is 11.9 Å². The van der Waals surface area contributed by atoms with Crippen molar-refractivity contribution in [1.29, 1.82) is 0 Å². The fourth-order valence-electron chi connectivity index (χ4n) is 1.64. The normalized spacial score (nSPS) is 11.1. The number of halogens is 5. The third kappa shape index (κ3) is 2.84. The first-order chi connectivity index (χ1) is 9.93. The molecule has 0 spiro atoms. The molecule has 0 atom stereocenters. The van der Waals surface area contributed by atoms with E-state index in [0.717, 1.165) is 6.08 Å². The van der Waals surface area contributed by atoms with Crippen molar-refractivity contribution in [2.45, 2.75) is 0 Å². The predicted molar refractivity (Wildman–Crippen MR) is 66.0 cm³/mol. The molecule has 0 aliphatic rings. The van der Waals surface area contributed by atoms with E-state index >= 15 is 0 Å². The summed E-state index contributed by atoms with van der Waals surface area (Å²) >= 11 is 0. The molecular formula is C15H7F5O. The lowest BCUT2D eigenvalue weighted by atomic mass is 10.1. The molecule has 21 heavy (non-hydrogen) atoms. The largest absolute Gasteiger partial charge is 0.289 e. The van der Waals surface area contributed by atoms with Crippen LogP contribution in [0, 0.1) is 29.1 Å². The van der Waals surface area contributed by atoms with Crippen LogP contribution in [0.1, 0.15) is 15.9 Å². The molecule has 2 rings (SSSR count). The van der Waals surface area contributed by atoms with Gasteiger partial charge in [0.1, 0.15) is 0 Å². The van der Waals surface area contributed by atoms with Crippen molar-refractivity contribution < 1.29 is 26.7 Å². The second-order valence-electron chi connectivity index (χ2n) is 4.05. The zero-order valence-corrected chi connectivity index (χ0v) is 10.3. The van der Waals surface area contributed by atoms with Crippen LogP contribution in [0.3, 0.4) is 0 Å². The lowest BCUT2D eigenvalue weighted by molar-refractivity contribution is 0.103. The van der Waals surface area contributed by atoms with Gasteiger partial charge in [0.15, 0.2) is 29.1 Å². The van der Waals surface area contributed by atoms with E-state index in [9.17, 15) is 26.7 Å². The highest BCUT2D eigenvalue weighted by molar-refractivity contribution is 6.07. The standard InChI is InChI=1S/C15H7F5O/c16-11-10(12(17)14(19)15(20)13(11)18)9(21)7-6-8-4-2-1-3-5-8/h1-7H/b7-6+. The van der Waals surface area contributed by atoms with Gasteiger partial charge in [0.05, 0.1) is 5.56 Å². The summed E-state index contributed by atoms with van der Waals surface area (Å²) in [4.78, 5) is 11.7. The Kier molecular flexibility index (Phi) is 4.16. The predicted octanol–water partition coefficient (Wildman–Crippen LogP) is 4.28. The number of rotatable bonds is 3. The Morgan fingerprint density at radius 2 is 1.24 bits per heavy atom. The molecular weight excluding hydrogens is 291 g/mol. The Labute approximate surface area is 116 Å². The first-order valence-electron chi connectivity index (χ1n) is 5.72. The Bertz CT molecular complexity index is 694. The number of hydrogen-bond donors (Lipinski definition) is 0. The average Bonchev–Trinajstić information content (AvgIpc) is 2.50. The van der Waals surface area contributed by atoms with Crippen LogP contribution >= 0.6 is 0 Å². The monoisotopic (exact) mass is 298 g/mol. The van der Waals surface area contributed by atoms with Crippen molar-refractivity contribution in [1.82, 2.24) is 0 Å². The Morgan fingerprint density at radius 1 is 0.762 bits per heavy atom. The first kappa shape index (κ1) is 14.9. The fourth-order valence-corrected chi connectivity index (χ4v) is 1.64. The van der Waals surface area contributed by atoms with Crippen LogP contribution in [0.4, 0.5) is 22.0 Å². The smallest absolute Gasteiger partial charge is 0.200 e. The van der Waals surface area contributed by atoms with Gasteiger partial charge in [0, 0.05) is 0 Å². The molecule has 0 aromatic heterocycles. The van der Waals surface area contributed by atoms with Gasteiger partial charge in [-0.15, -0.1) is 0 Å². The summed E-state index contributed by atoms with van der Waals surface area (Å²) in [6, 6.07) is 8.22. The average molecular weight is 298 g/mol. The Hall–Kier alpha value is -2.50. The molecule has 0 heterocycles. The van der Waals surface area contributed by atoms with Crippen molar-refractivity contribution in [2.75, 3.05) is 0 Å². The molecule has 0 saturated carbocycles. The molecule has 0 unspecified atom stereocenters. The molecule has 0 fully saturated rings. The SMILES string of the molecule is O=C(/C=C/c1ccccc1)c1c(F)c(F)c(F)c(F)c1F.